The van der Waals surface area contributed by atoms with Crippen LogP contribution in [-0.2, 0) is 0 Å². The summed E-state index contributed by atoms with van der Waals surface area (Å²) in [6.07, 6.45) is 14.2. The van der Waals surface area contributed by atoms with E-state index >= 15 is 0 Å². The largest absolute Gasteiger partial charge is 0.205 e. The van der Waals surface area contributed by atoms with Gasteiger partial charge in [-0.25, -0.2) is 8.78 Å². The monoisotopic (exact) mass is 343 g/mol. The molecule has 2 saturated carbocycles. The van der Waals surface area contributed by atoms with Crippen molar-refractivity contribution in [2.45, 2.75) is 64.2 Å². The minimum absolute atomic E-state index is 0.205. The molecule has 0 atom stereocenters. The van der Waals surface area contributed by atoms with Crippen LogP contribution in [0.4, 0.5) is 8.78 Å². The van der Waals surface area contributed by atoms with Crippen molar-refractivity contribution in [2.24, 2.45) is 17.8 Å². The maximum atomic E-state index is 13.8. The third-order valence-electron chi connectivity index (χ3n) is 6.14. The zero-order valence-corrected chi connectivity index (χ0v) is 15.0. The lowest BCUT2D eigenvalue weighted by atomic mass is 9.77. The molecule has 1 aromatic carbocycles. The van der Waals surface area contributed by atoms with Crippen LogP contribution in [0.25, 0.3) is 0 Å². The molecule has 3 heteroatoms. The van der Waals surface area contributed by atoms with Crippen molar-refractivity contribution >= 4 is 0 Å². The van der Waals surface area contributed by atoms with E-state index in [1.165, 1.54) is 37.8 Å². The molecule has 2 aliphatic rings. The van der Waals surface area contributed by atoms with E-state index in [0.29, 0.717) is 11.5 Å². The normalized spacial score (nSPS) is 30.3. The molecule has 0 amide bonds. The first kappa shape index (κ1) is 18.1. The second-order valence-corrected chi connectivity index (χ2v) is 7.99. The average Bonchev–Trinajstić information content (AvgIpc) is 2.61. The lowest BCUT2D eigenvalue weighted by Crippen LogP contribution is -2.14. The van der Waals surface area contributed by atoms with Crippen molar-refractivity contribution in [1.82, 2.24) is 0 Å². The Labute approximate surface area is 149 Å². The fraction of sp³-hybridized carbons (Fsp3) is 0.591. The molecule has 134 valence electrons. The van der Waals surface area contributed by atoms with Gasteiger partial charge >= 0.3 is 0 Å². The van der Waals surface area contributed by atoms with Crippen LogP contribution in [0, 0.1) is 40.7 Å². The first-order chi connectivity index (χ1) is 12.1. The molecule has 0 spiro atoms. The van der Waals surface area contributed by atoms with Crippen LogP contribution in [0.15, 0.2) is 24.3 Å². The van der Waals surface area contributed by atoms with Gasteiger partial charge in [0.1, 0.15) is 23.3 Å². The Bertz CT molecular complexity index is 634. The van der Waals surface area contributed by atoms with Gasteiger partial charge in [0, 0.05) is 0 Å². The van der Waals surface area contributed by atoms with Crippen LogP contribution in [-0.4, -0.2) is 0 Å². The molecule has 0 N–H and O–H groups in total. The molecule has 25 heavy (non-hydrogen) atoms. The highest BCUT2D eigenvalue weighted by Gasteiger charge is 2.24. The quantitative estimate of drug-likeness (QED) is 0.575. The van der Waals surface area contributed by atoms with Crippen molar-refractivity contribution in [1.29, 1.82) is 5.26 Å². The van der Waals surface area contributed by atoms with Crippen LogP contribution >= 0.6 is 0 Å². The van der Waals surface area contributed by atoms with Crippen LogP contribution in [0.3, 0.4) is 0 Å². The molecule has 2 aliphatic carbocycles. The number of benzene rings is 1. The van der Waals surface area contributed by atoms with E-state index in [0.717, 1.165) is 37.5 Å². The van der Waals surface area contributed by atoms with Gasteiger partial charge in [-0.3, -0.25) is 0 Å². The lowest BCUT2D eigenvalue weighted by molar-refractivity contribution is 0.326. The summed E-state index contributed by atoms with van der Waals surface area (Å²) < 4.78 is 27.6. The van der Waals surface area contributed by atoms with E-state index in [-0.39, 0.29) is 5.92 Å². The summed E-state index contributed by atoms with van der Waals surface area (Å²) in [7, 11) is 0. The predicted molar refractivity (Wildman–Crippen MR) is 96.0 cm³/mol. The summed E-state index contributed by atoms with van der Waals surface area (Å²) in [5.74, 6) is 0.974. The number of nitrogens with zero attached hydrogens (tertiary/aromatic N) is 1. The van der Waals surface area contributed by atoms with Crippen molar-refractivity contribution in [3.63, 3.8) is 0 Å². The molecular formula is C22H27F2N. The van der Waals surface area contributed by atoms with Crippen LogP contribution in [0.2, 0.25) is 0 Å². The zero-order chi connectivity index (χ0) is 17.8. The van der Waals surface area contributed by atoms with Crippen molar-refractivity contribution in [3.8, 4) is 6.07 Å². The smallest absolute Gasteiger partial charge is 0.144 e. The molecule has 0 radical (unpaired) electrons. The van der Waals surface area contributed by atoms with Gasteiger partial charge in [-0.15, -0.1) is 0 Å². The van der Waals surface area contributed by atoms with E-state index in [9.17, 15) is 8.78 Å². The van der Waals surface area contributed by atoms with Crippen LogP contribution < -0.4 is 0 Å². The maximum Gasteiger partial charge on any atom is 0.144 e. The molecule has 0 saturated heterocycles. The third kappa shape index (κ3) is 4.48. The second kappa shape index (κ2) is 8.13. The summed E-state index contributed by atoms with van der Waals surface area (Å²) in [5.41, 5.74) is 0.236. The van der Waals surface area contributed by atoms with Gasteiger partial charge in [0.2, 0.25) is 0 Å². The van der Waals surface area contributed by atoms with E-state index in [1.54, 1.807) is 6.07 Å². The molecule has 3 rings (SSSR count). The molecule has 2 fully saturated rings. The Morgan fingerprint density at radius 3 is 1.84 bits per heavy atom. The number of hydrogen-bond acceptors (Lipinski definition) is 1. The summed E-state index contributed by atoms with van der Waals surface area (Å²) in [4.78, 5) is 0. The molecule has 0 unspecified atom stereocenters. The molecule has 1 nitrogen and oxygen atoms in total. The topological polar surface area (TPSA) is 23.8 Å². The van der Waals surface area contributed by atoms with E-state index in [2.05, 4.69) is 19.1 Å². The lowest BCUT2D eigenvalue weighted by Gasteiger charge is -2.28. The van der Waals surface area contributed by atoms with Gasteiger partial charge in [-0.2, -0.15) is 5.26 Å². The molecule has 0 heterocycles. The van der Waals surface area contributed by atoms with E-state index in [1.807, 2.05) is 0 Å². The van der Waals surface area contributed by atoms with Crippen LogP contribution in [0.1, 0.15) is 75.3 Å². The summed E-state index contributed by atoms with van der Waals surface area (Å²) in [6.45, 7) is 2.34. The summed E-state index contributed by atoms with van der Waals surface area (Å²) >= 11 is 0. The zero-order valence-electron chi connectivity index (χ0n) is 15.0. The highest BCUT2D eigenvalue weighted by atomic mass is 19.1. The SMILES string of the molecule is CC1CCC(/C=C/C2CCC(c3cc(F)c(C#N)c(F)c3)CC2)CC1. The average molecular weight is 343 g/mol. The van der Waals surface area contributed by atoms with Gasteiger partial charge in [0.05, 0.1) is 0 Å². The molecule has 1 aromatic rings. The first-order valence-electron chi connectivity index (χ1n) is 9.64. The van der Waals surface area contributed by atoms with Gasteiger partial charge < -0.3 is 0 Å². The minimum Gasteiger partial charge on any atom is -0.205 e. The number of hydrogen-bond donors (Lipinski definition) is 0. The molecule has 0 bridgehead atoms. The standard InChI is InChI=1S/C22H27F2N/c1-15-2-4-16(5-3-15)6-7-17-8-10-18(11-9-17)19-12-21(23)20(14-25)22(24)13-19/h6-7,12-13,15-18H,2-5,8-11H2,1H3/b7-6+. The summed E-state index contributed by atoms with van der Waals surface area (Å²) in [6, 6.07) is 4.30. The number of allylic oxidation sites excluding steroid dienone is 2. The van der Waals surface area contributed by atoms with E-state index < -0.39 is 17.2 Å². The fourth-order valence-electron chi connectivity index (χ4n) is 4.37. The van der Waals surface area contributed by atoms with E-state index in [4.69, 9.17) is 5.26 Å². The third-order valence-corrected chi connectivity index (χ3v) is 6.14. The predicted octanol–water partition coefficient (Wildman–Crippen LogP) is 6.49. The second-order valence-electron chi connectivity index (χ2n) is 7.99. The molecule has 0 aliphatic heterocycles. The Morgan fingerprint density at radius 2 is 1.36 bits per heavy atom. The Morgan fingerprint density at radius 1 is 0.880 bits per heavy atom. The maximum absolute atomic E-state index is 13.8. The van der Waals surface area contributed by atoms with Gasteiger partial charge in [0.15, 0.2) is 0 Å². The number of rotatable bonds is 3. The van der Waals surface area contributed by atoms with Crippen molar-refractivity contribution < 1.29 is 8.78 Å². The molecule has 0 aromatic heterocycles. The van der Waals surface area contributed by atoms with Gasteiger partial charge in [-0.05, 0) is 79.9 Å². The molecular weight excluding hydrogens is 316 g/mol. The van der Waals surface area contributed by atoms with Crippen LogP contribution in [0.5, 0.6) is 0 Å². The Balaban J connectivity index is 1.54. The number of nitriles is 1. The van der Waals surface area contributed by atoms with Crippen molar-refractivity contribution in [3.05, 3.63) is 47.0 Å². The number of halogens is 2. The first-order valence-corrected chi connectivity index (χ1v) is 9.64. The van der Waals surface area contributed by atoms with Gasteiger partial charge in [0.25, 0.3) is 0 Å². The van der Waals surface area contributed by atoms with Crippen molar-refractivity contribution in [2.75, 3.05) is 0 Å². The Hall–Kier alpha value is -1.69. The van der Waals surface area contributed by atoms with Gasteiger partial charge in [-0.1, -0.05) is 31.9 Å². The summed E-state index contributed by atoms with van der Waals surface area (Å²) in [5, 5.41) is 8.78. The Kier molecular flexibility index (Phi) is 5.89. The minimum atomic E-state index is -0.731. The highest BCUT2D eigenvalue weighted by Crippen LogP contribution is 2.38. The highest BCUT2D eigenvalue weighted by molar-refractivity contribution is 5.36. The fourth-order valence-corrected chi connectivity index (χ4v) is 4.37.